The quantitative estimate of drug-likeness (QED) is 0.834. The molecule has 1 aromatic carbocycles. The Balaban J connectivity index is 1.74. The van der Waals surface area contributed by atoms with E-state index in [1.165, 1.54) is 11.1 Å². The Morgan fingerprint density at radius 1 is 1.10 bits per heavy atom. The number of ketones is 1. The topological polar surface area (TPSA) is 23.6 Å². The van der Waals surface area contributed by atoms with Crippen LogP contribution >= 0.6 is 0 Å². The highest BCUT2D eigenvalue weighted by atomic mass is 16.1. The van der Waals surface area contributed by atoms with Crippen LogP contribution in [0.3, 0.4) is 0 Å². The Morgan fingerprint density at radius 2 is 1.67 bits per heavy atom. The van der Waals surface area contributed by atoms with Gasteiger partial charge in [0.2, 0.25) is 0 Å². The fourth-order valence-electron chi connectivity index (χ4n) is 4.93. The summed E-state index contributed by atoms with van der Waals surface area (Å²) < 4.78 is 0. The first-order valence-electron chi connectivity index (χ1n) is 8.07. The van der Waals surface area contributed by atoms with Crippen molar-refractivity contribution in [1.29, 1.82) is 0 Å². The number of carbonyl (C=O) groups excluding carboxylic acids is 1. The van der Waals surface area contributed by atoms with Gasteiger partial charge in [0.15, 0.2) is 0 Å². The summed E-state index contributed by atoms with van der Waals surface area (Å²) in [6.45, 7) is 10.2. The molecular weight excluding hydrogens is 260 g/mol. The third kappa shape index (κ3) is 1.71. The molecule has 0 aliphatic carbocycles. The number of nitrogens with zero attached hydrogens (tertiary/aromatic N) is 2. The van der Waals surface area contributed by atoms with Crippen LogP contribution < -0.4 is 0 Å². The van der Waals surface area contributed by atoms with Crippen molar-refractivity contribution in [2.75, 3.05) is 26.2 Å². The fourth-order valence-corrected chi connectivity index (χ4v) is 4.93. The van der Waals surface area contributed by atoms with Gasteiger partial charge in [-0.2, -0.15) is 0 Å². The molecule has 4 aliphatic rings. The summed E-state index contributed by atoms with van der Waals surface area (Å²) in [4.78, 5) is 18.0. The van der Waals surface area contributed by atoms with Gasteiger partial charge in [0.05, 0.1) is 17.0 Å². The van der Waals surface area contributed by atoms with Gasteiger partial charge in [-0.3, -0.25) is 14.6 Å². The molecule has 2 unspecified atom stereocenters. The lowest BCUT2D eigenvalue weighted by molar-refractivity contribution is -0.200. The van der Waals surface area contributed by atoms with Gasteiger partial charge in [-0.25, -0.2) is 0 Å². The SMILES string of the molecule is CCC12CN3CC(C)(CN(C1)C3c1ccc(C)cc1)C2=O. The molecule has 0 spiro atoms. The number of piperidine rings is 2. The molecule has 4 fully saturated rings. The predicted molar refractivity (Wildman–Crippen MR) is 82.9 cm³/mol. The summed E-state index contributed by atoms with van der Waals surface area (Å²) in [6, 6.07) is 8.91. The molecule has 1 aromatic rings. The molecule has 0 amide bonds. The van der Waals surface area contributed by atoms with Crippen LogP contribution in [-0.2, 0) is 4.79 Å². The largest absolute Gasteiger partial charge is 0.298 e. The van der Waals surface area contributed by atoms with E-state index in [2.05, 4.69) is 54.8 Å². The molecule has 0 saturated carbocycles. The van der Waals surface area contributed by atoms with Gasteiger partial charge in [-0.15, -0.1) is 0 Å². The van der Waals surface area contributed by atoms with Crippen molar-refractivity contribution in [3.05, 3.63) is 35.4 Å². The smallest absolute Gasteiger partial charge is 0.150 e. The zero-order valence-corrected chi connectivity index (χ0v) is 13.2. The molecule has 5 rings (SSSR count). The Kier molecular flexibility index (Phi) is 2.68. The van der Waals surface area contributed by atoms with Crippen LogP contribution in [0.2, 0.25) is 0 Å². The Bertz CT molecular complexity index is 576. The van der Waals surface area contributed by atoms with E-state index in [1.54, 1.807) is 0 Å². The number of carbonyl (C=O) groups is 1. The zero-order chi connectivity index (χ0) is 14.8. The minimum absolute atomic E-state index is 0.119. The lowest BCUT2D eigenvalue weighted by atomic mass is 9.60. The highest BCUT2D eigenvalue weighted by molar-refractivity contribution is 5.93. The van der Waals surface area contributed by atoms with Gasteiger partial charge in [-0.05, 0) is 18.9 Å². The summed E-state index contributed by atoms with van der Waals surface area (Å²) >= 11 is 0. The van der Waals surface area contributed by atoms with Gasteiger partial charge in [0, 0.05) is 26.2 Å². The fraction of sp³-hybridized carbons (Fsp3) is 0.611. The van der Waals surface area contributed by atoms with Gasteiger partial charge < -0.3 is 0 Å². The Hall–Kier alpha value is -1.19. The second kappa shape index (κ2) is 4.17. The standard InChI is InChI=1S/C18H24N2O/c1-4-18-11-19-9-17(3,16(18)21)10-20(12-18)15(19)14-7-5-13(2)6-8-14/h5-8,15H,4,9-12H2,1-3H3. The van der Waals surface area contributed by atoms with Crippen LogP contribution in [0.1, 0.15) is 37.6 Å². The summed E-state index contributed by atoms with van der Waals surface area (Å²) in [5.74, 6) is 0.521. The maximum absolute atomic E-state index is 12.9. The maximum atomic E-state index is 12.9. The van der Waals surface area contributed by atoms with Crippen molar-refractivity contribution in [2.45, 2.75) is 33.4 Å². The third-order valence-corrected chi connectivity index (χ3v) is 5.89. The van der Waals surface area contributed by atoms with Crippen molar-refractivity contribution in [3.63, 3.8) is 0 Å². The van der Waals surface area contributed by atoms with E-state index in [1.807, 2.05) is 0 Å². The average molecular weight is 284 g/mol. The van der Waals surface area contributed by atoms with E-state index in [9.17, 15) is 4.79 Å². The molecule has 3 nitrogen and oxygen atoms in total. The number of benzene rings is 1. The number of Topliss-reactive ketones (excluding diaryl/α,β-unsaturated/α-hetero) is 1. The van der Waals surface area contributed by atoms with Gasteiger partial charge >= 0.3 is 0 Å². The summed E-state index contributed by atoms with van der Waals surface area (Å²) in [5, 5.41) is 0. The lowest BCUT2D eigenvalue weighted by Gasteiger charge is -2.65. The second-order valence-electron chi connectivity index (χ2n) is 7.62. The zero-order valence-electron chi connectivity index (χ0n) is 13.2. The van der Waals surface area contributed by atoms with Crippen LogP contribution in [0.25, 0.3) is 0 Å². The highest BCUT2D eigenvalue weighted by Crippen LogP contribution is 2.53. The molecule has 3 heteroatoms. The van der Waals surface area contributed by atoms with Crippen molar-refractivity contribution in [3.8, 4) is 0 Å². The Morgan fingerprint density at radius 3 is 2.19 bits per heavy atom. The maximum Gasteiger partial charge on any atom is 0.150 e. The molecule has 4 saturated heterocycles. The van der Waals surface area contributed by atoms with Gasteiger partial charge in [0.25, 0.3) is 0 Å². The second-order valence-corrected chi connectivity index (χ2v) is 7.62. The Labute approximate surface area is 126 Å². The normalized spacial score (nSPS) is 44.3. The van der Waals surface area contributed by atoms with Crippen molar-refractivity contribution >= 4 is 5.78 Å². The van der Waals surface area contributed by atoms with E-state index in [4.69, 9.17) is 0 Å². The van der Waals surface area contributed by atoms with Crippen LogP contribution in [-0.4, -0.2) is 41.8 Å². The molecule has 112 valence electrons. The first kappa shape index (κ1) is 13.5. The van der Waals surface area contributed by atoms with E-state index < -0.39 is 0 Å². The minimum atomic E-state index is -0.159. The summed E-state index contributed by atoms with van der Waals surface area (Å²) in [5.41, 5.74) is 2.40. The summed E-state index contributed by atoms with van der Waals surface area (Å²) in [6.07, 6.45) is 1.33. The number of hydrogen-bond acceptors (Lipinski definition) is 3. The monoisotopic (exact) mass is 284 g/mol. The number of rotatable bonds is 2. The molecule has 0 aromatic heterocycles. The highest BCUT2D eigenvalue weighted by Gasteiger charge is 2.63. The van der Waals surface area contributed by atoms with Gasteiger partial charge in [-0.1, -0.05) is 43.7 Å². The van der Waals surface area contributed by atoms with Crippen LogP contribution in [0.15, 0.2) is 24.3 Å². The minimum Gasteiger partial charge on any atom is -0.298 e. The number of hydrogen-bond donors (Lipinski definition) is 0. The van der Waals surface area contributed by atoms with E-state index >= 15 is 0 Å². The molecular formula is C18H24N2O. The van der Waals surface area contributed by atoms with Crippen molar-refractivity contribution < 1.29 is 4.79 Å². The lowest BCUT2D eigenvalue weighted by Crippen LogP contribution is -2.75. The molecule has 0 radical (unpaired) electrons. The molecule has 4 heterocycles. The molecule has 2 atom stereocenters. The van der Waals surface area contributed by atoms with Crippen molar-refractivity contribution in [2.24, 2.45) is 10.8 Å². The number of aryl methyl sites for hydroxylation is 1. The van der Waals surface area contributed by atoms with E-state index in [0.717, 1.165) is 32.6 Å². The molecule has 0 N–H and O–H groups in total. The average Bonchev–Trinajstić information content (AvgIpc) is 2.45. The van der Waals surface area contributed by atoms with Crippen LogP contribution in [0.4, 0.5) is 0 Å². The first-order chi connectivity index (χ1) is 9.97. The predicted octanol–water partition coefficient (Wildman–Crippen LogP) is 2.61. The van der Waals surface area contributed by atoms with Crippen LogP contribution in [0.5, 0.6) is 0 Å². The molecule has 4 bridgehead atoms. The molecule has 4 aliphatic heterocycles. The van der Waals surface area contributed by atoms with E-state index in [0.29, 0.717) is 11.9 Å². The van der Waals surface area contributed by atoms with E-state index in [-0.39, 0.29) is 10.8 Å². The van der Waals surface area contributed by atoms with Crippen LogP contribution in [0, 0.1) is 17.8 Å². The molecule has 21 heavy (non-hydrogen) atoms. The van der Waals surface area contributed by atoms with Gasteiger partial charge in [0.1, 0.15) is 5.78 Å². The summed E-state index contributed by atoms with van der Waals surface area (Å²) in [7, 11) is 0. The first-order valence-corrected chi connectivity index (χ1v) is 8.07. The van der Waals surface area contributed by atoms with Crippen molar-refractivity contribution in [1.82, 2.24) is 9.80 Å². The third-order valence-electron chi connectivity index (χ3n) is 5.89.